The fourth-order valence-corrected chi connectivity index (χ4v) is 3.14. The van der Waals surface area contributed by atoms with Crippen LogP contribution in [0.2, 0.25) is 5.02 Å². The van der Waals surface area contributed by atoms with Crippen LogP contribution in [-0.2, 0) is 11.2 Å². The first-order chi connectivity index (χ1) is 11.0. The van der Waals surface area contributed by atoms with Crippen molar-refractivity contribution in [3.05, 3.63) is 53.1 Å². The number of carbonyl (C=O) groups excluding carboxylic acids is 1. The van der Waals surface area contributed by atoms with Crippen LogP contribution in [0.5, 0.6) is 5.75 Å². The smallest absolute Gasteiger partial charge is 0.288 e. The Morgan fingerprint density at radius 1 is 1.30 bits per heavy atom. The molecule has 0 radical (unpaired) electrons. The van der Waals surface area contributed by atoms with Gasteiger partial charge in [-0.1, -0.05) is 35.5 Å². The van der Waals surface area contributed by atoms with Gasteiger partial charge in [-0.3, -0.25) is 4.79 Å². The van der Waals surface area contributed by atoms with E-state index in [1.165, 1.54) is 6.07 Å². The Hall–Kier alpha value is -1.79. The average molecular weight is 356 g/mol. The number of fused-ring (bicyclic) bond motifs is 1. The van der Waals surface area contributed by atoms with Gasteiger partial charge in [-0.2, -0.15) is 8.78 Å². The standard InChI is InChI=1S/C16H12ClF2NO2S/c17-10-5-6-12-9(7-10)8-13(22-12)15(21)20-11-3-1-2-4-14(11)23-16(18)19/h1-7,13,16H,8H2,(H,20,21). The average Bonchev–Trinajstić information content (AvgIpc) is 2.92. The monoisotopic (exact) mass is 355 g/mol. The molecule has 1 aliphatic heterocycles. The molecule has 3 rings (SSSR count). The second kappa shape index (κ2) is 6.76. The normalized spacial score (nSPS) is 16.1. The summed E-state index contributed by atoms with van der Waals surface area (Å²) in [6, 6.07) is 11.6. The third-order valence-electron chi connectivity index (χ3n) is 3.35. The lowest BCUT2D eigenvalue weighted by atomic mass is 10.1. The number of carbonyl (C=O) groups is 1. The minimum absolute atomic E-state index is 0.314. The van der Waals surface area contributed by atoms with E-state index in [2.05, 4.69) is 5.32 Å². The summed E-state index contributed by atoms with van der Waals surface area (Å²) in [5.41, 5.74) is 1.20. The van der Waals surface area contributed by atoms with E-state index in [0.717, 1.165) is 5.56 Å². The maximum absolute atomic E-state index is 12.6. The van der Waals surface area contributed by atoms with Crippen molar-refractivity contribution in [3.63, 3.8) is 0 Å². The van der Waals surface area contributed by atoms with Gasteiger partial charge in [-0.25, -0.2) is 0 Å². The van der Waals surface area contributed by atoms with Gasteiger partial charge in [-0.15, -0.1) is 0 Å². The molecule has 1 N–H and O–H groups in total. The second-order valence-corrected chi connectivity index (χ2v) is 6.39. The SMILES string of the molecule is O=C(Nc1ccccc1SC(F)F)C1Cc2cc(Cl)ccc2O1. The van der Waals surface area contributed by atoms with Gasteiger partial charge >= 0.3 is 0 Å². The third kappa shape index (κ3) is 3.76. The highest BCUT2D eigenvalue weighted by atomic mass is 35.5. The van der Waals surface area contributed by atoms with Crippen LogP contribution in [-0.4, -0.2) is 17.8 Å². The molecule has 1 atom stereocenters. The van der Waals surface area contributed by atoms with Gasteiger partial charge in [0.25, 0.3) is 11.7 Å². The molecule has 2 aromatic carbocycles. The van der Waals surface area contributed by atoms with E-state index in [9.17, 15) is 13.6 Å². The Morgan fingerprint density at radius 2 is 2.09 bits per heavy atom. The van der Waals surface area contributed by atoms with Crippen LogP contribution in [0.4, 0.5) is 14.5 Å². The first-order valence-corrected chi connectivity index (χ1v) is 8.08. The molecule has 0 saturated carbocycles. The predicted octanol–water partition coefficient (Wildman–Crippen LogP) is 4.60. The molecule has 1 aliphatic rings. The molecule has 7 heteroatoms. The lowest BCUT2D eigenvalue weighted by Crippen LogP contribution is -2.31. The van der Waals surface area contributed by atoms with Crippen molar-refractivity contribution in [3.8, 4) is 5.75 Å². The molecule has 0 saturated heterocycles. The molecule has 2 aromatic rings. The number of para-hydroxylation sites is 1. The number of rotatable bonds is 4. The molecular weight excluding hydrogens is 344 g/mol. The van der Waals surface area contributed by atoms with Crippen molar-refractivity contribution in [2.45, 2.75) is 23.2 Å². The van der Waals surface area contributed by atoms with Crippen LogP contribution in [0.15, 0.2) is 47.4 Å². The highest BCUT2D eigenvalue weighted by Crippen LogP contribution is 2.34. The maximum Gasteiger partial charge on any atom is 0.288 e. The van der Waals surface area contributed by atoms with Crippen LogP contribution in [0.1, 0.15) is 5.56 Å². The first-order valence-electron chi connectivity index (χ1n) is 6.83. The van der Waals surface area contributed by atoms with Gasteiger partial charge in [0.1, 0.15) is 5.75 Å². The van der Waals surface area contributed by atoms with Crippen LogP contribution in [0.3, 0.4) is 0 Å². The van der Waals surface area contributed by atoms with E-state index in [1.807, 2.05) is 0 Å². The van der Waals surface area contributed by atoms with E-state index in [4.69, 9.17) is 16.3 Å². The van der Waals surface area contributed by atoms with Gasteiger partial charge < -0.3 is 10.1 Å². The number of nitrogens with one attached hydrogen (secondary N) is 1. The number of amides is 1. The fourth-order valence-electron chi connectivity index (χ4n) is 2.35. The van der Waals surface area contributed by atoms with Crippen LogP contribution in [0, 0.1) is 0 Å². The number of anilines is 1. The lowest BCUT2D eigenvalue weighted by molar-refractivity contribution is -0.122. The summed E-state index contributed by atoms with van der Waals surface area (Å²) in [5, 5.41) is 3.23. The second-order valence-electron chi connectivity index (χ2n) is 4.93. The lowest BCUT2D eigenvalue weighted by Gasteiger charge is -2.14. The molecule has 1 heterocycles. The van der Waals surface area contributed by atoms with Crippen molar-refractivity contribution in [2.24, 2.45) is 0 Å². The summed E-state index contributed by atoms with van der Waals surface area (Å²) in [5.74, 6) is -2.31. The fraction of sp³-hybridized carbons (Fsp3) is 0.188. The third-order valence-corrected chi connectivity index (χ3v) is 4.37. The molecule has 0 bridgehead atoms. The summed E-state index contributed by atoms with van der Waals surface area (Å²) in [7, 11) is 0. The van der Waals surface area contributed by atoms with E-state index < -0.39 is 11.9 Å². The number of alkyl halides is 2. The minimum Gasteiger partial charge on any atom is -0.480 e. The van der Waals surface area contributed by atoms with E-state index >= 15 is 0 Å². The summed E-state index contributed by atoms with van der Waals surface area (Å²) in [4.78, 5) is 12.7. The largest absolute Gasteiger partial charge is 0.480 e. The Kier molecular flexibility index (Phi) is 4.73. The van der Waals surface area contributed by atoms with Crippen molar-refractivity contribution in [1.82, 2.24) is 0 Å². The van der Waals surface area contributed by atoms with Crippen molar-refractivity contribution in [2.75, 3.05) is 5.32 Å². The molecule has 1 amide bonds. The molecular formula is C16H12ClF2NO2S. The van der Waals surface area contributed by atoms with Crippen LogP contribution >= 0.6 is 23.4 Å². The highest BCUT2D eigenvalue weighted by Gasteiger charge is 2.29. The Bertz CT molecular complexity index is 742. The van der Waals surface area contributed by atoms with Gasteiger partial charge in [-0.05, 0) is 35.9 Å². The zero-order chi connectivity index (χ0) is 16.4. The van der Waals surface area contributed by atoms with Gasteiger partial charge in [0, 0.05) is 16.3 Å². The summed E-state index contributed by atoms with van der Waals surface area (Å²) < 4.78 is 30.7. The molecule has 0 fully saturated rings. The zero-order valence-corrected chi connectivity index (χ0v) is 13.3. The number of hydrogen-bond acceptors (Lipinski definition) is 3. The van der Waals surface area contributed by atoms with Gasteiger partial charge in [0.05, 0.1) is 5.69 Å². The Balaban J connectivity index is 1.72. The number of hydrogen-bond donors (Lipinski definition) is 1. The first kappa shape index (κ1) is 16.1. The van der Waals surface area contributed by atoms with Crippen molar-refractivity contribution < 1.29 is 18.3 Å². The van der Waals surface area contributed by atoms with E-state index in [0.29, 0.717) is 39.5 Å². The predicted molar refractivity (Wildman–Crippen MR) is 86.5 cm³/mol. The zero-order valence-electron chi connectivity index (χ0n) is 11.8. The van der Waals surface area contributed by atoms with Crippen molar-refractivity contribution >= 4 is 35.0 Å². The quantitative estimate of drug-likeness (QED) is 0.815. The molecule has 0 aliphatic carbocycles. The van der Waals surface area contributed by atoms with Gasteiger partial charge in [0.15, 0.2) is 6.10 Å². The van der Waals surface area contributed by atoms with Crippen LogP contribution < -0.4 is 10.1 Å². The summed E-state index contributed by atoms with van der Waals surface area (Å²) >= 11 is 6.31. The van der Waals surface area contributed by atoms with Crippen LogP contribution in [0.25, 0.3) is 0 Å². The van der Waals surface area contributed by atoms with E-state index in [-0.39, 0.29) is 5.91 Å². The highest BCUT2D eigenvalue weighted by molar-refractivity contribution is 7.99. The number of benzene rings is 2. The number of halogens is 3. The molecule has 3 nitrogen and oxygen atoms in total. The number of thioether (sulfide) groups is 1. The number of ether oxygens (including phenoxy) is 1. The van der Waals surface area contributed by atoms with Gasteiger partial charge in [0.2, 0.25) is 0 Å². The summed E-state index contributed by atoms with van der Waals surface area (Å²) in [6.45, 7) is 0. The topological polar surface area (TPSA) is 38.3 Å². The molecule has 23 heavy (non-hydrogen) atoms. The summed E-state index contributed by atoms with van der Waals surface area (Å²) in [6.07, 6.45) is -0.306. The Labute approximate surface area is 141 Å². The molecule has 120 valence electrons. The molecule has 0 aromatic heterocycles. The van der Waals surface area contributed by atoms with Crippen molar-refractivity contribution in [1.29, 1.82) is 0 Å². The maximum atomic E-state index is 12.6. The molecule has 0 spiro atoms. The van der Waals surface area contributed by atoms with E-state index in [1.54, 1.807) is 36.4 Å². The molecule has 1 unspecified atom stereocenters. The Morgan fingerprint density at radius 3 is 2.87 bits per heavy atom. The minimum atomic E-state index is -2.55.